The first-order chi connectivity index (χ1) is 16.5. The van der Waals surface area contributed by atoms with Crippen LogP contribution in [0, 0.1) is 5.92 Å². The van der Waals surface area contributed by atoms with Crippen molar-refractivity contribution in [2.75, 3.05) is 26.4 Å². The highest BCUT2D eigenvalue weighted by Crippen LogP contribution is 2.44. The van der Waals surface area contributed by atoms with E-state index in [9.17, 15) is 19.5 Å². The van der Waals surface area contributed by atoms with Crippen molar-refractivity contribution in [1.82, 2.24) is 10.6 Å². The minimum atomic E-state index is -1.21. The molecule has 0 spiro atoms. The molecule has 1 aliphatic heterocycles. The molecular formula is C26H30N2O6. The number of alkyl carbamates (subject to hydrolysis) is 1. The number of carboxylic acids is 1. The summed E-state index contributed by atoms with van der Waals surface area (Å²) in [5, 5.41) is 14.4. The van der Waals surface area contributed by atoms with Gasteiger partial charge in [0.15, 0.2) is 0 Å². The first-order valence-electron chi connectivity index (χ1n) is 11.7. The van der Waals surface area contributed by atoms with E-state index >= 15 is 0 Å². The molecule has 2 aromatic rings. The van der Waals surface area contributed by atoms with Crippen LogP contribution in [-0.2, 0) is 19.1 Å². The van der Waals surface area contributed by atoms with Gasteiger partial charge < -0.3 is 25.2 Å². The topological polar surface area (TPSA) is 114 Å². The second-order valence-electron chi connectivity index (χ2n) is 8.76. The van der Waals surface area contributed by atoms with Crippen molar-refractivity contribution in [1.29, 1.82) is 0 Å². The van der Waals surface area contributed by atoms with Gasteiger partial charge in [-0.3, -0.25) is 9.59 Å². The smallest absolute Gasteiger partial charge is 0.407 e. The van der Waals surface area contributed by atoms with E-state index in [-0.39, 0.29) is 12.5 Å². The average Bonchev–Trinajstić information content (AvgIpc) is 3.16. The summed E-state index contributed by atoms with van der Waals surface area (Å²) in [4.78, 5) is 36.4. The highest BCUT2D eigenvalue weighted by Gasteiger charge is 2.30. The second-order valence-corrected chi connectivity index (χ2v) is 8.76. The minimum Gasteiger partial charge on any atom is -0.481 e. The Bertz CT molecular complexity index is 988. The third-order valence-corrected chi connectivity index (χ3v) is 6.52. The number of aliphatic carboxylic acids is 1. The predicted octanol–water partition coefficient (Wildman–Crippen LogP) is 3.30. The first-order valence-corrected chi connectivity index (χ1v) is 11.7. The van der Waals surface area contributed by atoms with Gasteiger partial charge in [-0.05, 0) is 47.4 Å². The van der Waals surface area contributed by atoms with Crippen LogP contribution in [0.25, 0.3) is 11.1 Å². The highest BCUT2D eigenvalue weighted by molar-refractivity contribution is 5.89. The number of carbonyl (C=O) groups is 3. The molecule has 0 bridgehead atoms. The van der Waals surface area contributed by atoms with Crippen LogP contribution in [0.1, 0.15) is 42.7 Å². The maximum atomic E-state index is 12.6. The number of ether oxygens (including phenoxy) is 2. The summed E-state index contributed by atoms with van der Waals surface area (Å²) in [5.41, 5.74) is 4.37. The molecule has 1 saturated heterocycles. The quantitative estimate of drug-likeness (QED) is 0.523. The lowest BCUT2D eigenvalue weighted by molar-refractivity contribution is -0.139. The van der Waals surface area contributed by atoms with Gasteiger partial charge in [-0.25, -0.2) is 4.79 Å². The van der Waals surface area contributed by atoms with E-state index in [1.54, 1.807) is 0 Å². The Labute approximate surface area is 198 Å². The summed E-state index contributed by atoms with van der Waals surface area (Å²) in [6.45, 7) is 1.96. The van der Waals surface area contributed by atoms with Crippen molar-refractivity contribution in [2.45, 2.75) is 37.6 Å². The molecule has 1 fully saturated rings. The van der Waals surface area contributed by atoms with Crippen LogP contribution in [-0.4, -0.2) is 55.5 Å². The molecule has 1 heterocycles. The van der Waals surface area contributed by atoms with Crippen LogP contribution in [0.15, 0.2) is 48.5 Å². The molecule has 4 rings (SSSR count). The van der Waals surface area contributed by atoms with E-state index in [1.807, 2.05) is 48.5 Å². The Hall–Kier alpha value is -3.39. The van der Waals surface area contributed by atoms with Crippen molar-refractivity contribution >= 4 is 18.0 Å². The second kappa shape index (κ2) is 11.2. The zero-order valence-corrected chi connectivity index (χ0v) is 19.0. The molecule has 8 heteroatoms. The Morgan fingerprint density at radius 2 is 1.62 bits per heavy atom. The van der Waals surface area contributed by atoms with Gasteiger partial charge in [-0.1, -0.05) is 48.5 Å². The largest absolute Gasteiger partial charge is 0.481 e. The number of hydrogen-bond donors (Lipinski definition) is 3. The molecule has 180 valence electrons. The van der Waals surface area contributed by atoms with Crippen molar-refractivity contribution in [3.8, 4) is 11.1 Å². The Kier molecular flexibility index (Phi) is 7.80. The van der Waals surface area contributed by atoms with Crippen LogP contribution in [0.4, 0.5) is 4.79 Å². The summed E-state index contributed by atoms with van der Waals surface area (Å²) >= 11 is 0. The van der Waals surface area contributed by atoms with E-state index in [0.29, 0.717) is 12.5 Å². The summed E-state index contributed by atoms with van der Waals surface area (Å²) in [6, 6.07) is 14.8. The summed E-state index contributed by atoms with van der Waals surface area (Å²) in [7, 11) is 0. The zero-order valence-electron chi connectivity index (χ0n) is 19.0. The van der Waals surface area contributed by atoms with Crippen molar-refractivity contribution < 1.29 is 29.0 Å². The molecule has 1 aliphatic carbocycles. The van der Waals surface area contributed by atoms with E-state index in [4.69, 9.17) is 9.47 Å². The van der Waals surface area contributed by atoms with Gasteiger partial charge in [0.2, 0.25) is 5.91 Å². The Balaban J connectivity index is 1.32. The number of benzene rings is 2. The Morgan fingerprint density at radius 3 is 2.24 bits per heavy atom. The van der Waals surface area contributed by atoms with Gasteiger partial charge in [0.1, 0.15) is 12.6 Å². The molecular weight excluding hydrogens is 436 g/mol. The number of carbonyl (C=O) groups excluding carboxylic acids is 2. The molecule has 1 atom stereocenters. The molecule has 0 radical (unpaired) electrons. The monoisotopic (exact) mass is 466 g/mol. The number of nitrogens with one attached hydrogen (secondary N) is 2. The maximum Gasteiger partial charge on any atom is 0.407 e. The molecule has 8 nitrogen and oxygen atoms in total. The fourth-order valence-corrected chi connectivity index (χ4v) is 4.72. The first kappa shape index (κ1) is 23.8. The summed E-state index contributed by atoms with van der Waals surface area (Å²) in [5.74, 6) is -1.35. The fourth-order valence-electron chi connectivity index (χ4n) is 4.72. The lowest BCUT2D eigenvalue weighted by Crippen LogP contribution is -2.48. The van der Waals surface area contributed by atoms with E-state index in [1.165, 1.54) is 0 Å². The standard InChI is InChI=1S/C26H30N2O6/c29-24(30)15-23(25(31)27-12-9-17-10-13-33-14-11-17)28-26(32)34-16-22-20-7-3-1-5-18(20)19-6-2-4-8-21(19)22/h1-8,17,22-23H,9-16H2,(H,27,31)(H,28,32)(H,29,30). The molecule has 2 amide bonds. The minimum absolute atomic E-state index is 0.0883. The average molecular weight is 467 g/mol. The highest BCUT2D eigenvalue weighted by atomic mass is 16.5. The van der Waals surface area contributed by atoms with Crippen molar-refractivity contribution in [2.24, 2.45) is 5.92 Å². The zero-order chi connectivity index (χ0) is 23.9. The van der Waals surface area contributed by atoms with E-state index in [2.05, 4.69) is 10.6 Å². The van der Waals surface area contributed by atoms with Gasteiger partial charge in [0, 0.05) is 25.7 Å². The molecule has 3 N–H and O–H groups in total. The lowest BCUT2D eigenvalue weighted by Gasteiger charge is -2.23. The van der Waals surface area contributed by atoms with Crippen LogP contribution < -0.4 is 10.6 Å². The number of hydrogen-bond acceptors (Lipinski definition) is 5. The van der Waals surface area contributed by atoms with Crippen LogP contribution in [0.3, 0.4) is 0 Å². The van der Waals surface area contributed by atoms with Gasteiger partial charge >= 0.3 is 12.1 Å². The lowest BCUT2D eigenvalue weighted by atomic mass is 9.96. The molecule has 0 aromatic heterocycles. The number of carboxylic acid groups (broad SMARTS) is 1. The van der Waals surface area contributed by atoms with Crippen LogP contribution in [0.5, 0.6) is 0 Å². The number of rotatable bonds is 9. The summed E-state index contributed by atoms with van der Waals surface area (Å²) < 4.78 is 10.8. The normalized spacial score (nSPS) is 16.2. The maximum absolute atomic E-state index is 12.6. The van der Waals surface area contributed by atoms with Gasteiger partial charge in [-0.15, -0.1) is 0 Å². The van der Waals surface area contributed by atoms with E-state index in [0.717, 1.165) is 54.7 Å². The molecule has 1 unspecified atom stereocenters. The van der Waals surface area contributed by atoms with E-state index < -0.39 is 30.4 Å². The SMILES string of the molecule is O=C(O)CC(NC(=O)OCC1c2ccccc2-c2ccccc21)C(=O)NCCC1CCOCC1. The van der Waals surface area contributed by atoms with Crippen molar-refractivity contribution in [3.05, 3.63) is 59.7 Å². The summed E-state index contributed by atoms with van der Waals surface area (Å²) in [6.07, 6.45) is 1.36. The van der Waals surface area contributed by atoms with Gasteiger partial charge in [-0.2, -0.15) is 0 Å². The van der Waals surface area contributed by atoms with Crippen LogP contribution >= 0.6 is 0 Å². The fraction of sp³-hybridized carbons (Fsp3) is 0.423. The molecule has 34 heavy (non-hydrogen) atoms. The third kappa shape index (κ3) is 5.75. The predicted molar refractivity (Wildman–Crippen MR) is 125 cm³/mol. The van der Waals surface area contributed by atoms with Gasteiger partial charge in [0.25, 0.3) is 0 Å². The molecule has 2 aliphatic rings. The number of fused-ring (bicyclic) bond motifs is 3. The van der Waals surface area contributed by atoms with Crippen molar-refractivity contribution in [3.63, 3.8) is 0 Å². The molecule has 0 saturated carbocycles. The number of amides is 2. The third-order valence-electron chi connectivity index (χ3n) is 6.52. The molecule has 2 aromatic carbocycles. The Morgan fingerprint density at radius 1 is 1.00 bits per heavy atom. The van der Waals surface area contributed by atoms with Crippen LogP contribution in [0.2, 0.25) is 0 Å². The van der Waals surface area contributed by atoms with Gasteiger partial charge in [0.05, 0.1) is 6.42 Å².